The van der Waals surface area contributed by atoms with Gasteiger partial charge in [0.2, 0.25) is 6.41 Å². The van der Waals surface area contributed by atoms with Crippen LogP contribution in [0.4, 0.5) is 5.82 Å². The molecule has 4 heteroatoms. The Morgan fingerprint density at radius 2 is 2.50 bits per heavy atom. The van der Waals surface area contributed by atoms with Gasteiger partial charge in [0.25, 0.3) is 0 Å². The molecule has 66 valence electrons. The van der Waals surface area contributed by atoms with Crippen LogP contribution in [0.2, 0.25) is 0 Å². The van der Waals surface area contributed by atoms with Crippen molar-refractivity contribution in [2.24, 2.45) is 7.05 Å². The Bertz CT molecular complexity index is 267. The van der Waals surface area contributed by atoms with Gasteiger partial charge in [-0.25, -0.2) is 0 Å². The van der Waals surface area contributed by atoms with Gasteiger partial charge >= 0.3 is 0 Å². The number of hydrogen-bond donors (Lipinski definition) is 1. The van der Waals surface area contributed by atoms with Gasteiger partial charge in [0.05, 0.1) is 5.69 Å². The Kier molecular flexibility index (Phi) is 2.85. The molecule has 1 heterocycles. The third kappa shape index (κ3) is 1.84. The zero-order valence-corrected chi connectivity index (χ0v) is 7.37. The van der Waals surface area contributed by atoms with Crippen molar-refractivity contribution in [3.8, 4) is 0 Å². The predicted octanol–water partition coefficient (Wildman–Crippen LogP) is 0.941. The van der Waals surface area contributed by atoms with Gasteiger partial charge in [-0.15, -0.1) is 0 Å². The van der Waals surface area contributed by atoms with Crippen LogP contribution in [-0.4, -0.2) is 16.2 Å². The van der Waals surface area contributed by atoms with E-state index in [2.05, 4.69) is 17.3 Å². The minimum absolute atomic E-state index is 0.659. The van der Waals surface area contributed by atoms with Crippen LogP contribution in [0.15, 0.2) is 6.07 Å². The molecule has 1 amide bonds. The quantitative estimate of drug-likeness (QED) is 0.678. The first-order valence-corrected chi connectivity index (χ1v) is 4.01. The van der Waals surface area contributed by atoms with Crippen molar-refractivity contribution in [2.45, 2.75) is 19.8 Å². The highest BCUT2D eigenvalue weighted by atomic mass is 16.1. The Labute approximate surface area is 71.6 Å². The molecule has 12 heavy (non-hydrogen) atoms. The van der Waals surface area contributed by atoms with Gasteiger partial charge in [0.15, 0.2) is 0 Å². The Morgan fingerprint density at radius 1 is 1.75 bits per heavy atom. The van der Waals surface area contributed by atoms with Gasteiger partial charge in [-0.05, 0) is 6.42 Å². The van der Waals surface area contributed by atoms with Gasteiger partial charge in [-0.3, -0.25) is 9.48 Å². The third-order valence-electron chi connectivity index (χ3n) is 1.64. The van der Waals surface area contributed by atoms with E-state index < -0.39 is 0 Å². The van der Waals surface area contributed by atoms with E-state index in [9.17, 15) is 4.79 Å². The van der Waals surface area contributed by atoms with Crippen molar-refractivity contribution in [1.29, 1.82) is 0 Å². The standard InChI is InChI=1S/C8H13N3O/c1-3-4-7-5-8(9-6-12)11(2)10-7/h5-6H,3-4H2,1-2H3,(H,9,12). The summed E-state index contributed by atoms with van der Waals surface area (Å²) in [5.41, 5.74) is 1.02. The van der Waals surface area contributed by atoms with Gasteiger partial charge in [-0.1, -0.05) is 13.3 Å². The molecule has 0 saturated heterocycles. The largest absolute Gasteiger partial charge is 0.314 e. The van der Waals surface area contributed by atoms with E-state index >= 15 is 0 Å². The van der Waals surface area contributed by atoms with Crippen LogP contribution in [0.1, 0.15) is 19.0 Å². The number of rotatable bonds is 4. The molecule has 0 bridgehead atoms. The highest BCUT2D eigenvalue weighted by molar-refractivity contribution is 5.69. The predicted molar refractivity (Wildman–Crippen MR) is 46.9 cm³/mol. The summed E-state index contributed by atoms with van der Waals surface area (Å²) >= 11 is 0. The van der Waals surface area contributed by atoms with Gasteiger partial charge in [-0.2, -0.15) is 5.10 Å². The van der Waals surface area contributed by atoms with E-state index in [-0.39, 0.29) is 0 Å². The summed E-state index contributed by atoms with van der Waals surface area (Å²) in [7, 11) is 1.81. The van der Waals surface area contributed by atoms with Crippen LogP contribution in [0.5, 0.6) is 0 Å². The molecule has 0 fully saturated rings. The van der Waals surface area contributed by atoms with Crippen molar-refractivity contribution < 1.29 is 4.79 Å². The SMILES string of the molecule is CCCc1cc(NC=O)n(C)n1. The lowest BCUT2D eigenvalue weighted by Gasteiger charge is -1.95. The molecule has 1 N–H and O–H groups in total. The molecule has 0 aliphatic carbocycles. The molecule has 0 aliphatic rings. The zero-order valence-electron chi connectivity index (χ0n) is 7.37. The second-order valence-electron chi connectivity index (χ2n) is 2.66. The number of amides is 1. The molecular formula is C8H13N3O. The average molecular weight is 167 g/mol. The molecule has 1 aromatic rings. The molecule has 0 radical (unpaired) electrons. The number of aryl methyl sites for hydroxylation is 2. The highest BCUT2D eigenvalue weighted by Crippen LogP contribution is 2.09. The Morgan fingerprint density at radius 3 is 3.08 bits per heavy atom. The van der Waals surface area contributed by atoms with E-state index in [0.717, 1.165) is 24.4 Å². The number of nitrogens with one attached hydrogen (secondary N) is 1. The highest BCUT2D eigenvalue weighted by Gasteiger charge is 2.01. The lowest BCUT2D eigenvalue weighted by molar-refractivity contribution is -0.105. The number of hydrogen-bond acceptors (Lipinski definition) is 2. The summed E-state index contributed by atoms with van der Waals surface area (Å²) in [4.78, 5) is 10.1. The van der Waals surface area contributed by atoms with Crippen molar-refractivity contribution in [3.05, 3.63) is 11.8 Å². The fourth-order valence-electron chi connectivity index (χ4n) is 1.10. The molecule has 0 spiro atoms. The van der Waals surface area contributed by atoms with Crippen LogP contribution < -0.4 is 5.32 Å². The van der Waals surface area contributed by atoms with Crippen molar-refractivity contribution in [1.82, 2.24) is 9.78 Å². The monoisotopic (exact) mass is 167 g/mol. The molecule has 4 nitrogen and oxygen atoms in total. The summed E-state index contributed by atoms with van der Waals surface area (Å²) in [5.74, 6) is 0.744. The molecular weight excluding hydrogens is 154 g/mol. The first kappa shape index (κ1) is 8.77. The number of carbonyl (C=O) groups is 1. The Balaban J connectivity index is 2.77. The molecule has 1 aromatic heterocycles. The number of anilines is 1. The van der Waals surface area contributed by atoms with Gasteiger partial charge in [0.1, 0.15) is 5.82 Å². The van der Waals surface area contributed by atoms with E-state index in [1.165, 1.54) is 0 Å². The summed E-state index contributed by atoms with van der Waals surface area (Å²) in [6.07, 6.45) is 2.68. The van der Waals surface area contributed by atoms with E-state index in [1.54, 1.807) is 4.68 Å². The second kappa shape index (κ2) is 3.90. The Hall–Kier alpha value is -1.32. The molecule has 1 rings (SSSR count). The van der Waals surface area contributed by atoms with Crippen molar-refractivity contribution in [2.75, 3.05) is 5.32 Å². The molecule has 0 saturated carbocycles. The minimum Gasteiger partial charge on any atom is -0.314 e. The minimum atomic E-state index is 0.659. The summed E-state index contributed by atoms with van der Waals surface area (Å²) in [5, 5.41) is 6.79. The van der Waals surface area contributed by atoms with Crippen LogP contribution in [0.3, 0.4) is 0 Å². The number of carbonyl (C=O) groups excluding carboxylic acids is 1. The first-order chi connectivity index (χ1) is 5.77. The first-order valence-electron chi connectivity index (χ1n) is 4.01. The maximum atomic E-state index is 10.1. The summed E-state index contributed by atoms with van der Waals surface area (Å²) in [6.45, 7) is 2.10. The van der Waals surface area contributed by atoms with Crippen LogP contribution in [-0.2, 0) is 18.3 Å². The molecule has 0 atom stereocenters. The van der Waals surface area contributed by atoms with Gasteiger partial charge < -0.3 is 5.32 Å². The van der Waals surface area contributed by atoms with Crippen LogP contribution in [0.25, 0.3) is 0 Å². The maximum absolute atomic E-state index is 10.1. The fraction of sp³-hybridized carbons (Fsp3) is 0.500. The van der Waals surface area contributed by atoms with Crippen molar-refractivity contribution in [3.63, 3.8) is 0 Å². The van der Waals surface area contributed by atoms with Crippen molar-refractivity contribution >= 4 is 12.2 Å². The summed E-state index contributed by atoms with van der Waals surface area (Å²) in [6, 6.07) is 1.89. The van der Waals surface area contributed by atoms with E-state index in [0.29, 0.717) is 6.41 Å². The third-order valence-corrected chi connectivity index (χ3v) is 1.64. The average Bonchev–Trinajstić information content (AvgIpc) is 2.34. The second-order valence-corrected chi connectivity index (χ2v) is 2.66. The van der Waals surface area contributed by atoms with Crippen LogP contribution >= 0.6 is 0 Å². The molecule has 0 aromatic carbocycles. The normalized spacial score (nSPS) is 9.83. The van der Waals surface area contributed by atoms with E-state index in [1.807, 2.05) is 13.1 Å². The number of aromatic nitrogens is 2. The fourth-order valence-corrected chi connectivity index (χ4v) is 1.10. The number of nitrogens with zero attached hydrogens (tertiary/aromatic N) is 2. The molecule has 0 unspecified atom stereocenters. The molecule has 0 aliphatic heterocycles. The topological polar surface area (TPSA) is 46.9 Å². The smallest absolute Gasteiger partial charge is 0.212 e. The lowest BCUT2D eigenvalue weighted by Crippen LogP contribution is -2.01. The maximum Gasteiger partial charge on any atom is 0.212 e. The van der Waals surface area contributed by atoms with E-state index in [4.69, 9.17) is 0 Å². The summed E-state index contributed by atoms with van der Waals surface area (Å²) < 4.78 is 1.67. The van der Waals surface area contributed by atoms with Gasteiger partial charge in [0, 0.05) is 13.1 Å². The zero-order chi connectivity index (χ0) is 8.97. The lowest BCUT2D eigenvalue weighted by atomic mass is 10.2. The van der Waals surface area contributed by atoms with Crippen LogP contribution in [0, 0.1) is 0 Å².